The number of carbonyl (C=O) groups is 1. The van der Waals surface area contributed by atoms with E-state index in [0.717, 1.165) is 0 Å². The third-order valence-electron chi connectivity index (χ3n) is 2.80. The predicted octanol–water partition coefficient (Wildman–Crippen LogP) is 0.656. The third kappa shape index (κ3) is 3.18. The molecular weight excluding hydrogens is 230 g/mol. The molecule has 0 aromatic heterocycles. The Morgan fingerprint density at radius 2 is 2.12 bits per heavy atom. The molecule has 1 rings (SSSR count). The van der Waals surface area contributed by atoms with Crippen molar-refractivity contribution >= 4 is 15.9 Å². The molecule has 16 heavy (non-hydrogen) atoms. The van der Waals surface area contributed by atoms with Crippen LogP contribution in [0.1, 0.15) is 33.6 Å². The first-order chi connectivity index (χ1) is 7.42. The van der Waals surface area contributed by atoms with Crippen LogP contribution in [0.3, 0.4) is 0 Å². The highest BCUT2D eigenvalue weighted by Gasteiger charge is 2.45. The van der Waals surface area contributed by atoms with Crippen molar-refractivity contribution in [2.75, 3.05) is 6.61 Å². The molecule has 0 heterocycles. The lowest BCUT2D eigenvalue weighted by atomic mass is 10.4. The number of ether oxygens (including phenoxy) is 1. The normalized spacial score (nSPS) is 26.2. The van der Waals surface area contributed by atoms with E-state index in [1.54, 1.807) is 13.8 Å². The van der Waals surface area contributed by atoms with E-state index in [-0.39, 0.29) is 12.0 Å². The van der Waals surface area contributed by atoms with Crippen LogP contribution in [0.2, 0.25) is 0 Å². The summed E-state index contributed by atoms with van der Waals surface area (Å²) in [6, 6.07) is 0. The molecule has 0 bridgehead atoms. The Morgan fingerprint density at radius 3 is 2.62 bits per heavy atom. The number of amides is 1. The van der Waals surface area contributed by atoms with Crippen molar-refractivity contribution < 1.29 is 17.9 Å². The summed E-state index contributed by atoms with van der Waals surface area (Å²) in [5.74, 6) is -0.725. The lowest BCUT2D eigenvalue weighted by Crippen LogP contribution is -2.38. The Kier molecular flexibility index (Phi) is 4.32. The molecule has 5 nitrogen and oxygen atoms in total. The van der Waals surface area contributed by atoms with Gasteiger partial charge >= 0.3 is 0 Å². The molecule has 0 aliphatic heterocycles. The highest BCUT2D eigenvalue weighted by Crippen LogP contribution is 2.33. The Hall–Kier alpha value is -0.620. The van der Waals surface area contributed by atoms with Crippen molar-refractivity contribution in [3.63, 3.8) is 0 Å². The molecule has 3 unspecified atom stereocenters. The Labute approximate surface area is 96.6 Å². The van der Waals surface area contributed by atoms with E-state index < -0.39 is 21.2 Å². The van der Waals surface area contributed by atoms with Crippen molar-refractivity contribution in [2.45, 2.75) is 45.0 Å². The molecule has 0 spiro atoms. The zero-order valence-electron chi connectivity index (χ0n) is 9.89. The minimum Gasteiger partial charge on any atom is -0.378 e. The molecule has 1 amide bonds. The van der Waals surface area contributed by atoms with Crippen molar-refractivity contribution in [1.29, 1.82) is 0 Å². The van der Waals surface area contributed by atoms with Gasteiger partial charge in [-0.2, -0.15) is 0 Å². The van der Waals surface area contributed by atoms with E-state index in [0.29, 0.717) is 19.4 Å². The van der Waals surface area contributed by atoms with E-state index >= 15 is 0 Å². The molecule has 1 saturated carbocycles. The van der Waals surface area contributed by atoms with Gasteiger partial charge in [0, 0.05) is 6.61 Å². The van der Waals surface area contributed by atoms with Crippen LogP contribution in [-0.4, -0.2) is 32.3 Å². The zero-order chi connectivity index (χ0) is 12.3. The molecule has 1 aliphatic rings. The summed E-state index contributed by atoms with van der Waals surface area (Å²) in [6.07, 6.45) is 1.01. The summed E-state index contributed by atoms with van der Waals surface area (Å²) in [4.78, 5) is 11.6. The predicted molar refractivity (Wildman–Crippen MR) is 60.3 cm³/mol. The molecule has 0 radical (unpaired) electrons. The van der Waals surface area contributed by atoms with Crippen molar-refractivity contribution in [1.82, 2.24) is 4.72 Å². The largest absolute Gasteiger partial charge is 0.378 e. The maximum atomic E-state index is 11.6. The molecule has 1 N–H and O–H groups in total. The lowest BCUT2D eigenvalue weighted by Gasteiger charge is -2.11. The molecule has 0 aromatic rings. The highest BCUT2D eigenvalue weighted by atomic mass is 32.2. The SMILES string of the molecule is CCOC1CC1C(=O)NS(=O)(=O)C(C)CC. The fourth-order valence-electron chi connectivity index (χ4n) is 1.38. The second kappa shape index (κ2) is 5.14. The van der Waals surface area contributed by atoms with Crippen LogP contribution in [0.4, 0.5) is 0 Å². The first kappa shape index (κ1) is 13.4. The van der Waals surface area contributed by atoms with Crippen LogP contribution in [0, 0.1) is 5.92 Å². The van der Waals surface area contributed by atoms with Crippen LogP contribution >= 0.6 is 0 Å². The van der Waals surface area contributed by atoms with Gasteiger partial charge in [0.2, 0.25) is 15.9 Å². The Bertz CT molecular complexity index is 352. The van der Waals surface area contributed by atoms with Gasteiger partial charge in [-0.3, -0.25) is 9.52 Å². The monoisotopic (exact) mass is 249 g/mol. The molecular formula is C10H19NO4S. The minimum atomic E-state index is -3.51. The van der Waals surface area contributed by atoms with E-state index in [1.165, 1.54) is 0 Å². The van der Waals surface area contributed by atoms with Gasteiger partial charge in [0.25, 0.3) is 0 Å². The van der Waals surface area contributed by atoms with Gasteiger partial charge < -0.3 is 4.74 Å². The standard InChI is InChI=1S/C10H19NO4S/c1-4-7(3)16(13,14)11-10(12)8-6-9(8)15-5-2/h7-9H,4-6H2,1-3H3,(H,11,12). The minimum absolute atomic E-state index is 0.0999. The van der Waals surface area contributed by atoms with Crippen LogP contribution in [0.5, 0.6) is 0 Å². The maximum Gasteiger partial charge on any atom is 0.239 e. The summed E-state index contributed by atoms with van der Waals surface area (Å²) in [6.45, 7) is 5.76. The summed E-state index contributed by atoms with van der Waals surface area (Å²) >= 11 is 0. The van der Waals surface area contributed by atoms with E-state index in [1.807, 2.05) is 6.92 Å². The summed E-state index contributed by atoms with van der Waals surface area (Å²) < 4.78 is 30.5. The number of nitrogens with one attached hydrogen (secondary N) is 1. The fourth-order valence-corrected chi connectivity index (χ4v) is 2.45. The number of hydrogen-bond acceptors (Lipinski definition) is 4. The topological polar surface area (TPSA) is 72.5 Å². The van der Waals surface area contributed by atoms with Gasteiger partial charge in [-0.05, 0) is 26.7 Å². The Balaban J connectivity index is 2.47. The first-order valence-corrected chi connectivity index (χ1v) is 7.14. The van der Waals surface area contributed by atoms with E-state index in [9.17, 15) is 13.2 Å². The summed E-state index contributed by atoms with van der Waals surface area (Å²) in [5, 5.41) is -0.541. The average Bonchev–Trinajstić information content (AvgIpc) is 2.96. The molecule has 94 valence electrons. The van der Waals surface area contributed by atoms with Crippen molar-refractivity contribution in [2.24, 2.45) is 5.92 Å². The van der Waals surface area contributed by atoms with Gasteiger partial charge in [-0.15, -0.1) is 0 Å². The molecule has 0 saturated heterocycles. The number of hydrogen-bond donors (Lipinski definition) is 1. The third-order valence-corrected chi connectivity index (χ3v) is 4.68. The highest BCUT2D eigenvalue weighted by molar-refractivity contribution is 7.90. The average molecular weight is 249 g/mol. The fraction of sp³-hybridized carbons (Fsp3) is 0.900. The maximum absolute atomic E-state index is 11.6. The molecule has 6 heteroatoms. The van der Waals surface area contributed by atoms with Crippen LogP contribution in [0.25, 0.3) is 0 Å². The second-order valence-electron chi connectivity index (χ2n) is 4.07. The van der Waals surface area contributed by atoms with Gasteiger partial charge in [-0.1, -0.05) is 6.92 Å². The van der Waals surface area contributed by atoms with Crippen molar-refractivity contribution in [3.05, 3.63) is 0 Å². The van der Waals surface area contributed by atoms with Crippen LogP contribution in [0.15, 0.2) is 0 Å². The van der Waals surface area contributed by atoms with Gasteiger partial charge in [0.05, 0.1) is 17.3 Å². The molecule has 1 aliphatic carbocycles. The first-order valence-electron chi connectivity index (χ1n) is 5.59. The molecule has 0 aromatic carbocycles. The van der Waals surface area contributed by atoms with Crippen LogP contribution in [-0.2, 0) is 19.6 Å². The number of carbonyl (C=O) groups excluding carboxylic acids is 1. The molecule has 1 fully saturated rings. The number of rotatable bonds is 6. The van der Waals surface area contributed by atoms with Gasteiger partial charge in [0.15, 0.2) is 0 Å². The molecule has 3 atom stereocenters. The second-order valence-corrected chi connectivity index (χ2v) is 6.17. The number of sulfonamides is 1. The van der Waals surface area contributed by atoms with E-state index in [4.69, 9.17) is 4.74 Å². The van der Waals surface area contributed by atoms with E-state index in [2.05, 4.69) is 4.72 Å². The van der Waals surface area contributed by atoms with Gasteiger partial charge in [-0.25, -0.2) is 8.42 Å². The van der Waals surface area contributed by atoms with Crippen LogP contribution < -0.4 is 4.72 Å². The van der Waals surface area contributed by atoms with Gasteiger partial charge in [0.1, 0.15) is 0 Å². The zero-order valence-corrected chi connectivity index (χ0v) is 10.7. The summed E-state index contributed by atoms with van der Waals surface area (Å²) in [7, 11) is -3.51. The van der Waals surface area contributed by atoms with Crippen molar-refractivity contribution in [3.8, 4) is 0 Å². The Morgan fingerprint density at radius 1 is 1.50 bits per heavy atom. The lowest BCUT2D eigenvalue weighted by molar-refractivity contribution is -0.121. The quantitative estimate of drug-likeness (QED) is 0.750. The summed E-state index contributed by atoms with van der Waals surface area (Å²) in [5.41, 5.74) is 0. The smallest absolute Gasteiger partial charge is 0.239 e.